The Bertz CT molecular complexity index is 469. The van der Waals surface area contributed by atoms with Crippen LogP contribution in [0.3, 0.4) is 0 Å². The number of allylic oxidation sites excluding steroid dienone is 1. The summed E-state index contributed by atoms with van der Waals surface area (Å²) in [5.74, 6) is -1.54. The topological polar surface area (TPSA) is 88.4 Å². The molecule has 0 aromatic carbocycles. The molecule has 1 unspecified atom stereocenters. The summed E-state index contributed by atoms with van der Waals surface area (Å²) in [6, 6.07) is 2.18. The van der Waals surface area contributed by atoms with Gasteiger partial charge < -0.3 is 14.8 Å². The highest BCUT2D eigenvalue weighted by Crippen LogP contribution is 2.43. The fourth-order valence-electron chi connectivity index (χ4n) is 2.00. The largest absolute Gasteiger partial charge is 0.465 e. The molecule has 0 aliphatic carbocycles. The molecule has 0 amide bonds. The van der Waals surface area contributed by atoms with Crippen LogP contribution in [-0.2, 0) is 19.1 Å². The van der Waals surface area contributed by atoms with Gasteiger partial charge in [0.2, 0.25) is 0 Å². The standard InChI is InChI=1S/C13H18N2O4/c1-12(2)6-8(15-13(12,3)7-14)9(10(16)18-4)11(17)19-5/h15H,6H2,1-5H3. The molecule has 104 valence electrons. The average Bonchev–Trinajstić information content (AvgIpc) is 2.60. The van der Waals surface area contributed by atoms with E-state index in [9.17, 15) is 14.9 Å². The summed E-state index contributed by atoms with van der Waals surface area (Å²) in [4.78, 5) is 23.4. The van der Waals surface area contributed by atoms with Gasteiger partial charge in [-0.3, -0.25) is 0 Å². The van der Waals surface area contributed by atoms with Crippen molar-refractivity contribution >= 4 is 11.9 Å². The lowest BCUT2D eigenvalue weighted by Gasteiger charge is -2.30. The summed E-state index contributed by atoms with van der Waals surface area (Å²) in [5, 5.41) is 12.2. The molecule has 1 N–H and O–H groups in total. The van der Waals surface area contributed by atoms with Gasteiger partial charge in [-0.25, -0.2) is 9.59 Å². The van der Waals surface area contributed by atoms with Gasteiger partial charge in [-0.15, -0.1) is 0 Å². The van der Waals surface area contributed by atoms with Crippen molar-refractivity contribution in [3.63, 3.8) is 0 Å². The summed E-state index contributed by atoms with van der Waals surface area (Å²) < 4.78 is 9.19. The number of nitrogens with zero attached hydrogens (tertiary/aromatic N) is 1. The fraction of sp³-hybridized carbons (Fsp3) is 0.615. The van der Waals surface area contributed by atoms with E-state index in [4.69, 9.17) is 0 Å². The van der Waals surface area contributed by atoms with Crippen LogP contribution in [0.25, 0.3) is 0 Å². The monoisotopic (exact) mass is 266 g/mol. The second-order valence-electron chi connectivity index (χ2n) is 5.26. The Labute approximate surface area is 112 Å². The number of carbonyl (C=O) groups is 2. The number of methoxy groups -OCH3 is 2. The maximum atomic E-state index is 11.7. The third-order valence-electron chi connectivity index (χ3n) is 3.68. The lowest BCUT2D eigenvalue weighted by Crippen LogP contribution is -2.44. The van der Waals surface area contributed by atoms with Crippen molar-refractivity contribution in [2.75, 3.05) is 14.2 Å². The molecule has 0 radical (unpaired) electrons. The predicted molar refractivity (Wildman–Crippen MR) is 66.6 cm³/mol. The van der Waals surface area contributed by atoms with Gasteiger partial charge in [0.25, 0.3) is 0 Å². The summed E-state index contributed by atoms with van der Waals surface area (Å²) in [6.45, 7) is 5.51. The minimum Gasteiger partial charge on any atom is -0.465 e. The highest BCUT2D eigenvalue weighted by molar-refractivity contribution is 6.14. The molecule has 0 spiro atoms. The molecule has 0 saturated carbocycles. The molecule has 0 aromatic rings. The second kappa shape index (κ2) is 4.92. The van der Waals surface area contributed by atoms with E-state index in [1.54, 1.807) is 6.92 Å². The van der Waals surface area contributed by atoms with E-state index in [-0.39, 0.29) is 5.57 Å². The quantitative estimate of drug-likeness (QED) is 0.345. The molecule has 6 heteroatoms. The highest BCUT2D eigenvalue weighted by Gasteiger charge is 2.50. The Morgan fingerprint density at radius 3 is 2.00 bits per heavy atom. The van der Waals surface area contributed by atoms with Crippen LogP contribution in [0.1, 0.15) is 27.2 Å². The van der Waals surface area contributed by atoms with Crippen LogP contribution in [0.15, 0.2) is 11.3 Å². The van der Waals surface area contributed by atoms with Gasteiger partial charge in [-0.1, -0.05) is 13.8 Å². The minimum absolute atomic E-state index is 0.183. The Morgan fingerprint density at radius 1 is 1.21 bits per heavy atom. The van der Waals surface area contributed by atoms with Crippen LogP contribution < -0.4 is 5.32 Å². The first-order valence-corrected chi connectivity index (χ1v) is 5.81. The zero-order valence-electron chi connectivity index (χ0n) is 11.8. The summed E-state index contributed by atoms with van der Waals surface area (Å²) in [7, 11) is 2.38. The summed E-state index contributed by atoms with van der Waals surface area (Å²) in [6.07, 6.45) is 0.386. The fourth-order valence-corrected chi connectivity index (χ4v) is 2.00. The first kappa shape index (κ1) is 15.0. The molecule has 1 atom stereocenters. The Hall–Kier alpha value is -2.03. The number of carbonyl (C=O) groups excluding carboxylic acids is 2. The summed E-state index contributed by atoms with van der Waals surface area (Å²) in [5.41, 5.74) is -1.09. The molecule has 1 aliphatic heterocycles. The maximum absolute atomic E-state index is 11.7. The van der Waals surface area contributed by atoms with Gasteiger partial charge in [0.15, 0.2) is 5.57 Å². The number of hydrogen-bond donors (Lipinski definition) is 1. The van der Waals surface area contributed by atoms with E-state index in [1.807, 2.05) is 13.8 Å². The Balaban J connectivity index is 3.33. The van der Waals surface area contributed by atoms with Crippen molar-refractivity contribution in [3.05, 3.63) is 11.3 Å². The first-order chi connectivity index (χ1) is 8.72. The molecular formula is C13H18N2O4. The predicted octanol–water partition coefficient (Wildman–Crippen LogP) is 0.888. The van der Waals surface area contributed by atoms with Gasteiger partial charge in [0.1, 0.15) is 5.54 Å². The van der Waals surface area contributed by atoms with E-state index in [1.165, 1.54) is 14.2 Å². The van der Waals surface area contributed by atoms with E-state index < -0.39 is 22.9 Å². The second-order valence-corrected chi connectivity index (χ2v) is 5.26. The van der Waals surface area contributed by atoms with Crippen molar-refractivity contribution in [3.8, 4) is 6.07 Å². The van der Waals surface area contributed by atoms with Crippen molar-refractivity contribution in [2.45, 2.75) is 32.7 Å². The smallest absolute Gasteiger partial charge is 0.347 e. The molecule has 1 rings (SSSR count). The first-order valence-electron chi connectivity index (χ1n) is 5.81. The number of rotatable bonds is 2. The third-order valence-corrected chi connectivity index (χ3v) is 3.68. The Kier molecular flexibility index (Phi) is 3.89. The van der Waals surface area contributed by atoms with Crippen LogP contribution in [0.2, 0.25) is 0 Å². The van der Waals surface area contributed by atoms with Crippen LogP contribution in [0.5, 0.6) is 0 Å². The van der Waals surface area contributed by atoms with Crippen LogP contribution in [0.4, 0.5) is 0 Å². The number of ether oxygens (including phenoxy) is 2. The molecule has 1 heterocycles. The zero-order valence-corrected chi connectivity index (χ0v) is 11.8. The SMILES string of the molecule is COC(=O)C(C(=O)OC)=C1CC(C)(C)C(C)(C#N)N1. The molecule has 1 saturated heterocycles. The third kappa shape index (κ3) is 2.41. The van der Waals surface area contributed by atoms with Crippen molar-refractivity contribution < 1.29 is 19.1 Å². The molecule has 0 aromatic heterocycles. The van der Waals surface area contributed by atoms with Gasteiger partial charge >= 0.3 is 11.9 Å². The highest BCUT2D eigenvalue weighted by atomic mass is 16.5. The normalized spacial score (nSPS) is 24.1. The minimum atomic E-state index is -0.865. The number of hydrogen-bond acceptors (Lipinski definition) is 6. The van der Waals surface area contributed by atoms with Crippen LogP contribution >= 0.6 is 0 Å². The van der Waals surface area contributed by atoms with Crippen LogP contribution in [0, 0.1) is 16.7 Å². The van der Waals surface area contributed by atoms with E-state index in [0.717, 1.165) is 0 Å². The number of nitrogens with one attached hydrogen (secondary N) is 1. The zero-order chi connectivity index (χ0) is 14.8. The van der Waals surface area contributed by atoms with Gasteiger partial charge in [-0.2, -0.15) is 5.26 Å². The van der Waals surface area contributed by atoms with Gasteiger partial charge in [-0.05, 0) is 13.3 Å². The van der Waals surface area contributed by atoms with E-state index in [2.05, 4.69) is 20.9 Å². The maximum Gasteiger partial charge on any atom is 0.347 e. The van der Waals surface area contributed by atoms with Crippen molar-refractivity contribution in [1.29, 1.82) is 5.26 Å². The molecule has 19 heavy (non-hydrogen) atoms. The molecule has 6 nitrogen and oxygen atoms in total. The summed E-state index contributed by atoms with van der Waals surface area (Å²) >= 11 is 0. The number of nitriles is 1. The van der Waals surface area contributed by atoms with E-state index in [0.29, 0.717) is 12.1 Å². The van der Waals surface area contributed by atoms with Crippen LogP contribution in [-0.4, -0.2) is 31.7 Å². The molecule has 1 aliphatic rings. The molecular weight excluding hydrogens is 248 g/mol. The number of esters is 2. The van der Waals surface area contributed by atoms with E-state index >= 15 is 0 Å². The lowest BCUT2D eigenvalue weighted by atomic mass is 9.75. The van der Waals surface area contributed by atoms with Crippen molar-refractivity contribution in [1.82, 2.24) is 5.32 Å². The van der Waals surface area contributed by atoms with Gasteiger partial charge in [0, 0.05) is 11.1 Å². The molecule has 0 bridgehead atoms. The Morgan fingerprint density at radius 2 is 1.68 bits per heavy atom. The van der Waals surface area contributed by atoms with Gasteiger partial charge in [0.05, 0.1) is 20.3 Å². The molecule has 1 fully saturated rings. The lowest BCUT2D eigenvalue weighted by molar-refractivity contribution is -0.144. The van der Waals surface area contributed by atoms with Crippen molar-refractivity contribution in [2.24, 2.45) is 5.41 Å². The average molecular weight is 266 g/mol.